The van der Waals surface area contributed by atoms with Crippen molar-refractivity contribution in [3.05, 3.63) is 18.0 Å². The Kier molecular flexibility index (Phi) is 6.68. The molecule has 2 N–H and O–H groups in total. The van der Waals surface area contributed by atoms with Crippen LogP contribution in [0.25, 0.3) is 0 Å². The van der Waals surface area contributed by atoms with Crippen molar-refractivity contribution in [3.8, 4) is 11.5 Å². The van der Waals surface area contributed by atoms with Crippen LogP contribution in [-0.4, -0.2) is 53.9 Å². The molecule has 5 saturated carbocycles. The van der Waals surface area contributed by atoms with Crippen molar-refractivity contribution in [2.24, 2.45) is 29.1 Å². The predicted octanol–water partition coefficient (Wildman–Crippen LogP) is 3.86. The maximum absolute atomic E-state index is 13.0. The molecule has 1 heterocycles. The average molecular weight is 487 g/mol. The summed E-state index contributed by atoms with van der Waals surface area (Å²) >= 11 is 0. The lowest BCUT2D eigenvalue weighted by atomic mass is 9.47. The highest BCUT2D eigenvalue weighted by molar-refractivity contribution is 5.97. The third-order valence-electron chi connectivity index (χ3n) is 8.65. The molecule has 1 aromatic heterocycles. The van der Waals surface area contributed by atoms with E-state index in [9.17, 15) is 14.7 Å². The quantitative estimate of drug-likeness (QED) is 0.484. The molecule has 0 radical (unpaired) electrons. The van der Waals surface area contributed by atoms with E-state index in [1.807, 2.05) is 6.92 Å². The van der Waals surface area contributed by atoms with Gasteiger partial charge in [-0.15, -0.1) is 0 Å². The normalized spacial score (nSPS) is 31.5. The molecule has 35 heavy (non-hydrogen) atoms. The van der Waals surface area contributed by atoms with E-state index in [2.05, 4.69) is 10.3 Å². The fourth-order valence-electron chi connectivity index (χ4n) is 7.30. The third-order valence-corrected chi connectivity index (χ3v) is 8.65. The van der Waals surface area contributed by atoms with Crippen LogP contribution >= 0.6 is 0 Å². The summed E-state index contributed by atoms with van der Waals surface area (Å²) < 4.78 is 17.5. The second-order valence-electron chi connectivity index (χ2n) is 11.5. The second-order valence-corrected chi connectivity index (χ2v) is 11.5. The van der Waals surface area contributed by atoms with Gasteiger partial charge in [0.05, 0.1) is 13.2 Å². The van der Waals surface area contributed by atoms with Gasteiger partial charge in [-0.1, -0.05) is 0 Å². The molecule has 1 amide bonds. The number of aromatic nitrogens is 1. The van der Waals surface area contributed by atoms with Crippen molar-refractivity contribution in [3.63, 3.8) is 0 Å². The summed E-state index contributed by atoms with van der Waals surface area (Å²) in [6, 6.07) is 0.551. The van der Waals surface area contributed by atoms with Crippen LogP contribution in [0.2, 0.25) is 0 Å². The van der Waals surface area contributed by atoms with Crippen LogP contribution in [-0.2, 0) is 14.3 Å². The fraction of sp³-hybridized carbons (Fsp3) is 0.741. The van der Waals surface area contributed by atoms with Gasteiger partial charge in [-0.05, 0) is 88.9 Å². The molecule has 5 aliphatic carbocycles. The first-order chi connectivity index (χ1) is 16.8. The van der Waals surface area contributed by atoms with E-state index in [0.717, 1.165) is 24.4 Å². The van der Waals surface area contributed by atoms with Crippen LogP contribution in [0.4, 0.5) is 0 Å². The minimum Gasteiger partial charge on any atom is -0.503 e. The van der Waals surface area contributed by atoms with Crippen LogP contribution < -0.4 is 10.1 Å². The van der Waals surface area contributed by atoms with Gasteiger partial charge in [0.15, 0.2) is 17.2 Å². The molecule has 5 fully saturated rings. The summed E-state index contributed by atoms with van der Waals surface area (Å²) in [7, 11) is 1.39. The summed E-state index contributed by atoms with van der Waals surface area (Å²) in [5.41, 5.74) is -0.108. The van der Waals surface area contributed by atoms with Gasteiger partial charge >= 0.3 is 5.97 Å². The first-order valence-corrected chi connectivity index (χ1v) is 13.1. The van der Waals surface area contributed by atoms with Crippen LogP contribution in [0.5, 0.6) is 11.5 Å². The van der Waals surface area contributed by atoms with E-state index in [4.69, 9.17) is 14.2 Å². The minimum absolute atomic E-state index is 0.0894. The molecule has 1 aromatic rings. The zero-order valence-corrected chi connectivity index (χ0v) is 21.0. The zero-order valence-electron chi connectivity index (χ0n) is 21.0. The molecule has 0 saturated heterocycles. The maximum Gasteiger partial charge on any atom is 0.328 e. The Bertz CT molecular complexity index is 926. The number of amides is 1. The van der Waals surface area contributed by atoms with Crippen molar-refractivity contribution in [1.82, 2.24) is 10.3 Å². The lowest BCUT2D eigenvalue weighted by Crippen LogP contribution is -2.56. The van der Waals surface area contributed by atoms with E-state index in [1.54, 1.807) is 6.92 Å². The molecule has 5 aliphatic rings. The van der Waals surface area contributed by atoms with E-state index >= 15 is 0 Å². The number of hydrogen-bond donors (Lipinski definition) is 2. The smallest absolute Gasteiger partial charge is 0.328 e. The topological polar surface area (TPSA) is 107 Å². The first kappa shape index (κ1) is 24.3. The summed E-state index contributed by atoms with van der Waals surface area (Å²) in [6.07, 6.45) is 10.8. The number of hydrogen-bond acceptors (Lipinski definition) is 7. The highest BCUT2D eigenvalue weighted by atomic mass is 16.6. The Balaban J connectivity index is 1.25. The third kappa shape index (κ3) is 4.99. The van der Waals surface area contributed by atoms with Crippen molar-refractivity contribution >= 4 is 11.9 Å². The van der Waals surface area contributed by atoms with Gasteiger partial charge in [-0.3, -0.25) is 4.79 Å². The minimum atomic E-state index is -0.905. The number of methoxy groups -OCH3 is 1. The van der Waals surface area contributed by atoms with Crippen LogP contribution in [0.3, 0.4) is 0 Å². The average Bonchev–Trinajstić information content (AvgIpc) is 3.62. The number of nitrogens with one attached hydrogen (secondary N) is 1. The van der Waals surface area contributed by atoms with E-state index in [-0.39, 0.29) is 28.7 Å². The number of rotatable bonds is 10. The largest absolute Gasteiger partial charge is 0.503 e. The molecule has 0 aromatic carbocycles. The lowest BCUT2D eigenvalue weighted by molar-refractivity contribution is -0.192. The van der Waals surface area contributed by atoms with Gasteiger partial charge in [-0.2, -0.15) is 0 Å². The van der Waals surface area contributed by atoms with Crippen LogP contribution in [0.15, 0.2) is 12.3 Å². The van der Waals surface area contributed by atoms with E-state index < -0.39 is 24.0 Å². The number of nitrogens with zero attached hydrogens (tertiary/aromatic N) is 1. The Morgan fingerprint density at radius 1 is 1.14 bits per heavy atom. The predicted molar refractivity (Wildman–Crippen MR) is 128 cm³/mol. The number of pyridine rings is 1. The Morgan fingerprint density at radius 3 is 2.34 bits per heavy atom. The number of ether oxygens (including phenoxy) is 3. The van der Waals surface area contributed by atoms with Crippen molar-refractivity contribution in [1.29, 1.82) is 0 Å². The number of carbonyl (C=O) groups is 2. The zero-order chi connectivity index (χ0) is 24.7. The van der Waals surface area contributed by atoms with Gasteiger partial charge in [-0.25, -0.2) is 9.78 Å². The van der Waals surface area contributed by atoms with Crippen molar-refractivity contribution < 1.29 is 28.9 Å². The Hall–Kier alpha value is -2.35. The van der Waals surface area contributed by atoms with Gasteiger partial charge in [0.1, 0.15) is 12.1 Å². The summed E-state index contributed by atoms with van der Waals surface area (Å²) in [5.74, 6) is 1.55. The number of esters is 1. The van der Waals surface area contributed by atoms with Crippen molar-refractivity contribution in [2.75, 3.05) is 13.7 Å². The fourth-order valence-corrected chi connectivity index (χ4v) is 7.30. The van der Waals surface area contributed by atoms with Crippen LogP contribution in [0, 0.1) is 29.1 Å². The summed E-state index contributed by atoms with van der Waals surface area (Å²) in [5, 5.41) is 12.8. The molecule has 0 unspecified atom stereocenters. The Labute approximate surface area is 207 Å². The second kappa shape index (κ2) is 9.60. The maximum atomic E-state index is 13.0. The van der Waals surface area contributed by atoms with Gasteiger partial charge in [0.25, 0.3) is 5.91 Å². The summed E-state index contributed by atoms with van der Waals surface area (Å²) in [6.45, 7) is 4.26. The highest BCUT2D eigenvalue weighted by Crippen LogP contribution is 2.62. The lowest BCUT2D eigenvalue weighted by Gasteiger charge is -2.59. The number of aromatic hydroxyl groups is 1. The molecule has 0 aliphatic heterocycles. The monoisotopic (exact) mass is 486 g/mol. The number of carbonyl (C=O) groups excluding carboxylic acids is 2. The molecule has 0 spiro atoms. The molecule has 8 heteroatoms. The molecule has 6 rings (SSSR count). The van der Waals surface area contributed by atoms with Crippen molar-refractivity contribution in [2.45, 2.75) is 83.5 Å². The summed E-state index contributed by atoms with van der Waals surface area (Å²) in [4.78, 5) is 29.6. The van der Waals surface area contributed by atoms with Gasteiger partial charge in [0.2, 0.25) is 0 Å². The van der Waals surface area contributed by atoms with E-state index in [1.165, 1.54) is 70.7 Å². The molecule has 8 nitrogen and oxygen atoms in total. The Morgan fingerprint density at radius 2 is 1.77 bits per heavy atom. The molecule has 3 atom stereocenters. The van der Waals surface area contributed by atoms with Gasteiger partial charge in [0, 0.05) is 24.3 Å². The van der Waals surface area contributed by atoms with Crippen LogP contribution in [0.1, 0.15) is 75.7 Å². The first-order valence-electron chi connectivity index (χ1n) is 13.1. The standard InChI is InChI=1S/C27H38N2O6/c1-15(29-25(31)22-23(30)21(33-3)6-7-28-22)26(32)35-16(2)24(34-14-17-4-5-17)27-11-18-8-19(12-27)10-20(9-18)13-27/h6-7,15-20,24,30H,4-5,8-14H2,1-3H3,(H,29,31)/t15-,16-,18?,19?,20?,24-,27?/m0/s1. The molecule has 4 bridgehead atoms. The van der Waals surface area contributed by atoms with E-state index in [0.29, 0.717) is 5.92 Å². The molecule has 192 valence electrons. The highest BCUT2D eigenvalue weighted by Gasteiger charge is 2.56. The molecular formula is C27H38N2O6. The molecular weight excluding hydrogens is 448 g/mol. The SMILES string of the molecule is COc1ccnc(C(=O)N[C@@H](C)C(=O)O[C@@H](C)[C@H](OCC2CC2)C23CC4CC(CC(C4)C2)C3)c1O. The van der Waals surface area contributed by atoms with Gasteiger partial charge < -0.3 is 24.6 Å².